The first-order valence-electron chi connectivity index (χ1n) is 7.48. The molecule has 0 bridgehead atoms. The number of aryl methyl sites for hydroxylation is 1. The molecule has 0 aliphatic rings. The first kappa shape index (κ1) is 15.1. The molecule has 23 heavy (non-hydrogen) atoms. The minimum atomic E-state index is -0.0246. The number of ether oxygens (including phenoxy) is 1. The zero-order valence-corrected chi connectivity index (χ0v) is 13.2. The van der Waals surface area contributed by atoms with Crippen LogP contribution >= 0.6 is 0 Å². The van der Waals surface area contributed by atoms with Crippen LogP contribution in [0.15, 0.2) is 48.8 Å². The molecule has 5 nitrogen and oxygen atoms in total. The standard InChI is InChI=1S/C18H19N3O2/c1-13-3-8-17-20-15(12-21(17)11-13)10-19-18(22)9-14-4-6-16(23-2)7-5-14/h3-8,11-12H,9-10H2,1-2H3,(H,19,22). The Morgan fingerprint density at radius 2 is 1.96 bits per heavy atom. The first-order valence-corrected chi connectivity index (χ1v) is 7.48. The fourth-order valence-corrected chi connectivity index (χ4v) is 2.42. The zero-order valence-electron chi connectivity index (χ0n) is 13.2. The lowest BCUT2D eigenvalue weighted by molar-refractivity contribution is -0.120. The Balaban J connectivity index is 1.58. The number of benzene rings is 1. The van der Waals surface area contributed by atoms with Crippen LogP contribution in [0.3, 0.4) is 0 Å². The number of fused-ring (bicyclic) bond motifs is 1. The predicted octanol–water partition coefficient (Wildman–Crippen LogP) is 2.51. The summed E-state index contributed by atoms with van der Waals surface area (Å²) in [6.07, 6.45) is 4.30. The van der Waals surface area contributed by atoms with Gasteiger partial charge in [0.15, 0.2) is 0 Å². The van der Waals surface area contributed by atoms with Crippen LogP contribution in [0.5, 0.6) is 5.75 Å². The Kier molecular flexibility index (Phi) is 4.28. The average Bonchev–Trinajstić information content (AvgIpc) is 2.95. The number of aromatic nitrogens is 2. The molecule has 118 valence electrons. The van der Waals surface area contributed by atoms with E-state index in [0.29, 0.717) is 13.0 Å². The average molecular weight is 309 g/mol. The number of hydrogen-bond acceptors (Lipinski definition) is 3. The zero-order chi connectivity index (χ0) is 16.2. The van der Waals surface area contributed by atoms with Gasteiger partial charge in [0.25, 0.3) is 0 Å². The summed E-state index contributed by atoms with van der Waals surface area (Å²) in [6, 6.07) is 11.5. The van der Waals surface area contributed by atoms with Gasteiger partial charge in [-0.1, -0.05) is 18.2 Å². The van der Waals surface area contributed by atoms with Crippen molar-refractivity contribution in [3.05, 3.63) is 65.6 Å². The number of carbonyl (C=O) groups is 1. The highest BCUT2D eigenvalue weighted by Crippen LogP contribution is 2.12. The minimum Gasteiger partial charge on any atom is -0.497 e. The molecule has 0 unspecified atom stereocenters. The van der Waals surface area contributed by atoms with Gasteiger partial charge in [-0.2, -0.15) is 0 Å². The number of nitrogens with one attached hydrogen (secondary N) is 1. The summed E-state index contributed by atoms with van der Waals surface area (Å²) in [7, 11) is 1.62. The van der Waals surface area contributed by atoms with E-state index < -0.39 is 0 Å². The summed E-state index contributed by atoms with van der Waals surface area (Å²) in [5.41, 5.74) is 3.85. The number of amides is 1. The molecule has 1 aromatic carbocycles. The van der Waals surface area contributed by atoms with Gasteiger partial charge in [-0.15, -0.1) is 0 Å². The highest BCUT2D eigenvalue weighted by Gasteiger charge is 2.06. The largest absolute Gasteiger partial charge is 0.497 e. The Hall–Kier alpha value is -2.82. The second-order valence-electron chi connectivity index (χ2n) is 5.51. The van der Waals surface area contributed by atoms with E-state index in [1.54, 1.807) is 7.11 Å². The van der Waals surface area contributed by atoms with Crippen LogP contribution in [0.25, 0.3) is 5.65 Å². The minimum absolute atomic E-state index is 0.0246. The van der Waals surface area contributed by atoms with Crippen molar-refractivity contribution in [2.24, 2.45) is 0 Å². The molecule has 0 saturated carbocycles. The van der Waals surface area contributed by atoms with Crippen LogP contribution in [0.4, 0.5) is 0 Å². The van der Waals surface area contributed by atoms with Crippen molar-refractivity contribution in [2.45, 2.75) is 19.9 Å². The second-order valence-corrected chi connectivity index (χ2v) is 5.51. The smallest absolute Gasteiger partial charge is 0.224 e. The highest BCUT2D eigenvalue weighted by molar-refractivity contribution is 5.78. The molecule has 0 atom stereocenters. The van der Waals surface area contributed by atoms with Gasteiger partial charge < -0.3 is 14.5 Å². The van der Waals surface area contributed by atoms with Crippen LogP contribution in [-0.4, -0.2) is 22.4 Å². The molecule has 2 aromatic heterocycles. The predicted molar refractivity (Wildman–Crippen MR) is 88.5 cm³/mol. The third-order valence-electron chi connectivity index (χ3n) is 3.64. The molecule has 3 aromatic rings. The van der Waals surface area contributed by atoms with E-state index in [9.17, 15) is 4.79 Å². The SMILES string of the molecule is COc1ccc(CC(=O)NCc2cn3cc(C)ccc3n2)cc1. The normalized spacial score (nSPS) is 10.7. The number of carbonyl (C=O) groups excluding carboxylic acids is 1. The van der Waals surface area contributed by atoms with Crippen LogP contribution in [0.2, 0.25) is 0 Å². The van der Waals surface area contributed by atoms with Gasteiger partial charge in [0.1, 0.15) is 11.4 Å². The summed E-state index contributed by atoms with van der Waals surface area (Å²) >= 11 is 0. The number of methoxy groups -OCH3 is 1. The number of pyridine rings is 1. The maximum absolute atomic E-state index is 12.0. The molecule has 1 N–H and O–H groups in total. The van der Waals surface area contributed by atoms with E-state index in [1.807, 2.05) is 60.1 Å². The second kappa shape index (κ2) is 6.52. The molecule has 2 heterocycles. The Bertz CT molecular complexity index is 822. The third-order valence-corrected chi connectivity index (χ3v) is 3.64. The summed E-state index contributed by atoms with van der Waals surface area (Å²) in [5, 5.41) is 2.91. The van der Waals surface area contributed by atoms with Crippen molar-refractivity contribution in [3.8, 4) is 5.75 Å². The van der Waals surface area contributed by atoms with Gasteiger partial charge in [-0.05, 0) is 36.2 Å². The summed E-state index contributed by atoms with van der Waals surface area (Å²) in [6.45, 7) is 2.46. The Morgan fingerprint density at radius 1 is 1.17 bits per heavy atom. The van der Waals surface area contributed by atoms with Gasteiger partial charge in [0.05, 0.1) is 25.8 Å². The molecular formula is C18H19N3O2. The highest BCUT2D eigenvalue weighted by atomic mass is 16.5. The van der Waals surface area contributed by atoms with E-state index in [1.165, 1.54) is 5.56 Å². The van der Waals surface area contributed by atoms with E-state index >= 15 is 0 Å². The molecule has 0 spiro atoms. The number of imidazole rings is 1. The van der Waals surface area contributed by atoms with Crippen LogP contribution < -0.4 is 10.1 Å². The first-order chi connectivity index (χ1) is 11.1. The fourth-order valence-electron chi connectivity index (χ4n) is 2.42. The molecular weight excluding hydrogens is 290 g/mol. The number of nitrogens with zero attached hydrogens (tertiary/aromatic N) is 2. The van der Waals surface area contributed by atoms with Crippen molar-refractivity contribution in [2.75, 3.05) is 7.11 Å². The topological polar surface area (TPSA) is 55.6 Å². The van der Waals surface area contributed by atoms with Crippen LogP contribution in [-0.2, 0) is 17.8 Å². The van der Waals surface area contributed by atoms with Crippen molar-refractivity contribution in [3.63, 3.8) is 0 Å². The third kappa shape index (κ3) is 3.69. The van der Waals surface area contributed by atoms with E-state index in [0.717, 1.165) is 22.7 Å². The molecule has 5 heteroatoms. The quantitative estimate of drug-likeness (QED) is 0.788. The molecule has 0 aliphatic carbocycles. The van der Waals surface area contributed by atoms with Crippen LogP contribution in [0.1, 0.15) is 16.8 Å². The van der Waals surface area contributed by atoms with Gasteiger partial charge in [-0.25, -0.2) is 4.98 Å². The Labute approximate surface area is 134 Å². The molecule has 0 aliphatic heterocycles. The summed E-state index contributed by atoms with van der Waals surface area (Å²) in [4.78, 5) is 16.5. The van der Waals surface area contributed by atoms with Crippen molar-refractivity contribution in [1.29, 1.82) is 0 Å². The van der Waals surface area contributed by atoms with E-state index in [4.69, 9.17) is 4.74 Å². The van der Waals surface area contributed by atoms with Crippen molar-refractivity contribution < 1.29 is 9.53 Å². The fraction of sp³-hybridized carbons (Fsp3) is 0.222. The maximum Gasteiger partial charge on any atom is 0.224 e. The lowest BCUT2D eigenvalue weighted by atomic mass is 10.1. The van der Waals surface area contributed by atoms with Gasteiger partial charge >= 0.3 is 0 Å². The number of rotatable bonds is 5. The molecule has 0 saturated heterocycles. The van der Waals surface area contributed by atoms with Gasteiger partial charge in [0.2, 0.25) is 5.91 Å². The van der Waals surface area contributed by atoms with Gasteiger partial charge in [-0.3, -0.25) is 4.79 Å². The molecule has 3 rings (SSSR count). The monoisotopic (exact) mass is 309 g/mol. The molecule has 0 fully saturated rings. The van der Waals surface area contributed by atoms with Crippen LogP contribution in [0, 0.1) is 6.92 Å². The van der Waals surface area contributed by atoms with Crippen molar-refractivity contribution >= 4 is 11.6 Å². The van der Waals surface area contributed by atoms with Crippen molar-refractivity contribution in [1.82, 2.24) is 14.7 Å². The molecule has 0 radical (unpaired) electrons. The Morgan fingerprint density at radius 3 is 2.70 bits per heavy atom. The maximum atomic E-state index is 12.0. The lowest BCUT2D eigenvalue weighted by Gasteiger charge is -2.04. The molecule has 1 amide bonds. The summed E-state index contributed by atoms with van der Waals surface area (Å²) in [5.74, 6) is 0.762. The number of hydrogen-bond donors (Lipinski definition) is 1. The van der Waals surface area contributed by atoms with Gasteiger partial charge in [0, 0.05) is 12.4 Å². The summed E-state index contributed by atoms with van der Waals surface area (Å²) < 4.78 is 7.08. The van der Waals surface area contributed by atoms with E-state index in [2.05, 4.69) is 10.3 Å². The van der Waals surface area contributed by atoms with E-state index in [-0.39, 0.29) is 5.91 Å². The lowest BCUT2D eigenvalue weighted by Crippen LogP contribution is -2.24.